The summed E-state index contributed by atoms with van der Waals surface area (Å²) in [6.07, 6.45) is 7.40. The molecule has 0 unspecified atom stereocenters. The number of carbonyl (C=O) groups excluding carboxylic acids is 2. The van der Waals surface area contributed by atoms with Crippen LogP contribution in [0.5, 0.6) is 0 Å². The Labute approximate surface area is 178 Å². The molecule has 2 fully saturated rings. The molecule has 2 aliphatic rings. The van der Waals surface area contributed by atoms with Crippen molar-refractivity contribution in [3.63, 3.8) is 0 Å². The Kier molecular flexibility index (Phi) is 7.53. The van der Waals surface area contributed by atoms with Crippen molar-refractivity contribution in [1.82, 2.24) is 9.88 Å². The molecular formula is C22H34N4O4. The van der Waals surface area contributed by atoms with Gasteiger partial charge in [0.05, 0.1) is 18.0 Å². The second-order valence-corrected chi connectivity index (χ2v) is 8.98. The van der Waals surface area contributed by atoms with E-state index in [0.717, 1.165) is 18.5 Å². The number of nitrogens with one attached hydrogen (secondary N) is 1. The third-order valence-corrected chi connectivity index (χ3v) is 5.31. The number of aromatic nitrogens is 1. The van der Waals surface area contributed by atoms with Crippen molar-refractivity contribution in [2.45, 2.75) is 64.6 Å². The Morgan fingerprint density at radius 2 is 1.80 bits per heavy atom. The molecule has 2 heterocycles. The molecule has 166 valence electrons. The summed E-state index contributed by atoms with van der Waals surface area (Å²) in [7, 11) is 0. The number of nitrogens with zero attached hydrogens (tertiary/aromatic N) is 3. The summed E-state index contributed by atoms with van der Waals surface area (Å²) < 4.78 is 11.1. The molecule has 0 radical (unpaired) electrons. The second-order valence-electron chi connectivity index (χ2n) is 8.98. The maximum atomic E-state index is 12.2. The first-order chi connectivity index (χ1) is 14.3. The fraction of sp³-hybridized carbons (Fsp3) is 0.682. The first kappa shape index (κ1) is 22.3. The van der Waals surface area contributed by atoms with Gasteiger partial charge in [-0.2, -0.15) is 0 Å². The Balaban J connectivity index is 1.42. The van der Waals surface area contributed by atoms with Crippen LogP contribution in [0, 0.1) is 0 Å². The van der Waals surface area contributed by atoms with Crippen LogP contribution in [-0.2, 0) is 14.3 Å². The second kappa shape index (κ2) is 10.1. The highest BCUT2D eigenvalue weighted by Gasteiger charge is 2.26. The van der Waals surface area contributed by atoms with Crippen LogP contribution in [0.15, 0.2) is 18.3 Å². The van der Waals surface area contributed by atoms with Crippen molar-refractivity contribution in [2.75, 3.05) is 43.0 Å². The molecule has 2 amide bonds. The normalized spacial score (nSPS) is 18.2. The van der Waals surface area contributed by atoms with Gasteiger partial charge in [0, 0.05) is 26.2 Å². The highest BCUT2D eigenvalue weighted by Crippen LogP contribution is 2.21. The predicted molar refractivity (Wildman–Crippen MR) is 116 cm³/mol. The minimum atomic E-state index is -0.486. The average Bonchev–Trinajstić information content (AvgIpc) is 2.72. The van der Waals surface area contributed by atoms with Crippen LogP contribution in [0.2, 0.25) is 0 Å². The van der Waals surface area contributed by atoms with Gasteiger partial charge >= 0.3 is 6.09 Å². The summed E-state index contributed by atoms with van der Waals surface area (Å²) in [6, 6.07) is 3.74. The molecular weight excluding hydrogens is 384 g/mol. The van der Waals surface area contributed by atoms with E-state index in [1.807, 2.05) is 26.8 Å². The van der Waals surface area contributed by atoms with E-state index in [2.05, 4.69) is 15.2 Å². The van der Waals surface area contributed by atoms with Crippen molar-refractivity contribution in [3.05, 3.63) is 18.3 Å². The average molecular weight is 419 g/mol. The van der Waals surface area contributed by atoms with E-state index in [1.54, 1.807) is 17.2 Å². The number of piperazine rings is 1. The first-order valence-electron chi connectivity index (χ1n) is 10.9. The zero-order valence-electron chi connectivity index (χ0n) is 18.4. The molecule has 30 heavy (non-hydrogen) atoms. The highest BCUT2D eigenvalue weighted by molar-refractivity contribution is 5.90. The summed E-state index contributed by atoms with van der Waals surface area (Å²) in [5.41, 5.74) is 0.482. The molecule has 1 aromatic rings. The van der Waals surface area contributed by atoms with Gasteiger partial charge in [0.15, 0.2) is 0 Å². The number of rotatable bonds is 5. The van der Waals surface area contributed by atoms with Crippen LogP contribution < -0.4 is 10.2 Å². The Morgan fingerprint density at radius 3 is 2.40 bits per heavy atom. The van der Waals surface area contributed by atoms with E-state index in [4.69, 9.17) is 9.47 Å². The van der Waals surface area contributed by atoms with Crippen molar-refractivity contribution < 1.29 is 19.1 Å². The smallest absolute Gasteiger partial charge is 0.410 e. The summed E-state index contributed by atoms with van der Waals surface area (Å²) in [4.78, 5) is 32.5. The van der Waals surface area contributed by atoms with Crippen LogP contribution in [0.4, 0.5) is 16.3 Å². The van der Waals surface area contributed by atoms with E-state index in [-0.39, 0.29) is 24.7 Å². The van der Waals surface area contributed by atoms with E-state index in [1.165, 1.54) is 19.3 Å². The van der Waals surface area contributed by atoms with E-state index in [9.17, 15) is 9.59 Å². The monoisotopic (exact) mass is 418 g/mol. The predicted octanol–water partition coefficient (Wildman–Crippen LogP) is 3.43. The Hall–Kier alpha value is -2.35. The lowest BCUT2D eigenvalue weighted by atomic mass is 9.98. The SMILES string of the molecule is CC(C)(C)OC(=O)N1CCN(c2ccc(NC(=O)COC3CCCCC3)nc2)CC1. The Bertz CT molecular complexity index is 703. The van der Waals surface area contributed by atoms with Gasteiger partial charge in [-0.05, 0) is 45.7 Å². The van der Waals surface area contributed by atoms with Crippen molar-refractivity contribution in [3.8, 4) is 0 Å². The third-order valence-electron chi connectivity index (χ3n) is 5.31. The molecule has 1 aromatic heterocycles. The van der Waals surface area contributed by atoms with Gasteiger partial charge in [-0.1, -0.05) is 19.3 Å². The lowest BCUT2D eigenvalue weighted by Gasteiger charge is -2.36. The van der Waals surface area contributed by atoms with Crippen LogP contribution in [0.1, 0.15) is 52.9 Å². The molecule has 1 aliphatic heterocycles. The number of pyridine rings is 1. The van der Waals surface area contributed by atoms with E-state index >= 15 is 0 Å². The number of amides is 2. The fourth-order valence-electron chi connectivity index (χ4n) is 3.73. The van der Waals surface area contributed by atoms with Gasteiger partial charge in [0.25, 0.3) is 5.91 Å². The quantitative estimate of drug-likeness (QED) is 0.789. The molecule has 8 heteroatoms. The molecule has 0 spiro atoms. The van der Waals surface area contributed by atoms with Crippen LogP contribution in [0.25, 0.3) is 0 Å². The molecule has 0 bridgehead atoms. The first-order valence-corrected chi connectivity index (χ1v) is 10.9. The standard InChI is InChI=1S/C22H34N4O4/c1-22(2,3)30-21(28)26-13-11-25(12-14-26)17-9-10-19(23-15-17)24-20(27)16-29-18-7-5-4-6-8-18/h9-10,15,18H,4-8,11-14,16H2,1-3H3,(H,23,24,27). The minimum Gasteiger partial charge on any atom is -0.444 e. The fourth-order valence-corrected chi connectivity index (χ4v) is 3.73. The molecule has 0 atom stereocenters. The van der Waals surface area contributed by atoms with Gasteiger partial charge in [0.1, 0.15) is 18.0 Å². The molecule has 1 saturated heterocycles. The largest absolute Gasteiger partial charge is 0.444 e. The molecule has 3 rings (SSSR count). The van der Waals surface area contributed by atoms with Crippen molar-refractivity contribution in [1.29, 1.82) is 0 Å². The highest BCUT2D eigenvalue weighted by atomic mass is 16.6. The van der Waals surface area contributed by atoms with Gasteiger partial charge in [0.2, 0.25) is 0 Å². The Morgan fingerprint density at radius 1 is 1.10 bits per heavy atom. The molecule has 1 N–H and O–H groups in total. The van der Waals surface area contributed by atoms with E-state index in [0.29, 0.717) is 32.0 Å². The third kappa shape index (κ3) is 6.86. The van der Waals surface area contributed by atoms with Crippen molar-refractivity contribution >= 4 is 23.5 Å². The van der Waals surface area contributed by atoms with Gasteiger partial charge < -0.3 is 24.6 Å². The minimum absolute atomic E-state index is 0.0702. The molecule has 8 nitrogen and oxygen atoms in total. The number of ether oxygens (including phenoxy) is 2. The number of carbonyl (C=O) groups is 2. The maximum absolute atomic E-state index is 12.2. The summed E-state index contributed by atoms with van der Waals surface area (Å²) in [6.45, 7) is 8.31. The van der Waals surface area contributed by atoms with Gasteiger partial charge in [-0.15, -0.1) is 0 Å². The lowest BCUT2D eigenvalue weighted by Crippen LogP contribution is -2.50. The zero-order chi connectivity index (χ0) is 21.6. The van der Waals surface area contributed by atoms with Gasteiger partial charge in [-0.3, -0.25) is 4.79 Å². The van der Waals surface area contributed by atoms with Crippen LogP contribution >= 0.6 is 0 Å². The number of hydrogen-bond donors (Lipinski definition) is 1. The summed E-state index contributed by atoms with van der Waals surface area (Å²) in [5, 5.41) is 2.79. The number of hydrogen-bond acceptors (Lipinski definition) is 6. The molecule has 1 saturated carbocycles. The van der Waals surface area contributed by atoms with Crippen molar-refractivity contribution in [2.24, 2.45) is 0 Å². The van der Waals surface area contributed by atoms with E-state index < -0.39 is 5.60 Å². The summed E-state index contributed by atoms with van der Waals surface area (Å²) >= 11 is 0. The van der Waals surface area contributed by atoms with Crippen LogP contribution in [-0.4, -0.2) is 66.4 Å². The maximum Gasteiger partial charge on any atom is 0.410 e. The zero-order valence-corrected chi connectivity index (χ0v) is 18.4. The number of anilines is 2. The topological polar surface area (TPSA) is 84.0 Å². The summed E-state index contributed by atoms with van der Waals surface area (Å²) in [5.74, 6) is 0.343. The van der Waals surface area contributed by atoms with Crippen LogP contribution in [0.3, 0.4) is 0 Å². The lowest BCUT2D eigenvalue weighted by molar-refractivity contribution is -0.123. The molecule has 0 aromatic carbocycles. The molecule has 1 aliphatic carbocycles. The van der Waals surface area contributed by atoms with Gasteiger partial charge in [-0.25, -0.2) is 9.78 Å².